The van der Waals surface area contributed by atoms with Crippen molar-refractivity contribution in [1.29, 1.82) is 0 Å². The number of carbonyl (C=O) groups is 3. The molecule has 45 heavy (non-hydrogen) atoms. The highest BCUT2D eigenvalue weighted by atomic mass is 16.9. The molecule has 2 rings (SSSR count). The Morgan fingerprint density at radius 2 is 1.76 bits per heavy atom. The molecule has 1 fully saturated rings. The standard InChI is InChI=1S/C33H48N2O10/c1-2-34-31(38)15-9-4-3-8-14-27-28(30(37)24-29(27)36)19-18-26(17-16-25-12-6-5-7-13-25)45-33(40)21-20-32(39)43-22-10-11-23-44-35(41)42/h3,5-8,12-13,18-19,26-30,36-37H,2,4,9-11,14-17,20-24H2,1H3,(H,34,38)/b8-3-,19-18+/t26-,27+,28+,29-,30+/m0/s1. The number of nitrogens with one attached hydrogen (secondary N) is 1. The molecule has 0 aliphatic heterocycles. The third kappa shape index (κ3) is 16.2. The number of allylic oxidation sites excluding steroid dienone is 2. The van der Waals surface area contributed by atoms with Crippen molar-refractivity contribution in [3.05, 3.63) is 70.3 Å². The number of amides is 1. The number of ether oxygens (including phenoxy) is 2. The second kappa shape index (κ2) is 21.9. The highest BCUT2D eigenvalue weighted by Gasteiger charge is 2.39. The molecule has 1 aromatic rings. The van der Waals surface area contributed by atoms with Crippen LogP contribution in [0.1, 0.15) is 76.7 Å². The maximum Gasteiger partial charge on any atom is 0.306 e. The Balaban J connectivity index is 1.91. The van der Waals surface area contributed by atoms with Crippen LogP contribution in [0, 0.1) is 22.0 Å². The summed E-state index contributed by atoms with van der Waals surface area (Å²) in [5.74, 6) is -1.64. The Kier molecular flexibility index (Phi) is 18.2. The molecule has 1 amide bonds. The molecule has 1 saturated carbocycles. The molecular weight excluding hydrogens is 584 g/mol. The van der Waals surface area contributed by atoms with Crippen molar-refractivity contribution in [2.45, 2.75) is 95.9 Å². The minimum Gasteiger partial charge on any atom is -0.466 e. The Labute approximate surface area is 264 Å². The first-order valence-electron chi connectivity index (χ1n) is 15.8. The van der Waals surface area contributed by atoms with E-state index in [-0.39, 0.29) is 50.2 Å². The van der Waals surface area contributed by atoms with Gasteiger partial charge in [0.2, 0.25) is 5.91 Å². The average molecular weight is 633 g/mol. The minimum atomic E-state index is -0.878. The first kappa shape index (κ1) is 37.4. The Bertz CT molecular complexity index is 1090. The van der Waals surface area contributed by atoms with Gasteiger partial charge in [-0.05, 0) is 69.4 Å². The second-order valence-corrected chi connectivity index (χ2v) is 11.1. The van der Waals surface area contributed by atoms with E-state index in [1.165, 1.54) is 0 Å². The molecular formula is C33H48N2O10. The normalized spacial score (nSPS) is 20.2. The zero-order valence-corrected chi connectivity index (χ0v) is 26.1. The summed E-state index contributed by atoms with van der Waals surface area (Å²) < 4.78 is 10.8. The van der Waals surface area contributed by atoms with Crippen LogP contribution in [0.3, 0.4) is 0 Å². The number of esters is 2. The summed E-state index contributed by atoms with van der Waals surface area (Å²) in [5.41, 5.74) is 1.07. The number of aryl methyl sites for hydroxylation is 1. The van der Waals surface area contributed by atoms with Crippen LogP contribution in [-0.2, 0) is 35.1 Å². The SMILES string of the molecule is CCNC(=O)CCC/C=C\C[C@@H]1[C@@H](/C=C/[C@H](CCc2ccccc2)OC(=O)CCC(=O)OCCCCO[N+](=O)[O-])[C@H](O)C[C@@H]1O. The van der Waals surface area contributed by atoms with Crippen molar-refractivity contribution in [3.8, 4) is 0 Å². The fraction of sp³-hybridized carbons (Fsp3) is 0.606. The third-order valence-electron chi connectivity index (χ3n) is 7.56. The number of unbranched alkanes of at least 4 members (excludes halogenated alkanes) is 2. The topological polar surface area (TPSA) is 175 Å². The molecule has 5 atom stereocenters. The summed E-state index contributed by atoms with van der Waals surface area (Å²) in [6.45, 7) is 2.48. The number of aliphatic hydroxyl groups is 2. The summed E-state index contributed by atoms with van der Waals surface area (Å²) in [6, 6.07) is 9.75. The zero-order valence-electron chi connectivity index (χ0n) is 26.1. The lowest BCUT2D eigenvalue weighted by atomic mass is 9.89. The summed E-state index contributed by atoms with van der Waals surface area (Å²) in [5, 5.41) is 33.4. The number of benzene rings is 1. The smallest absolute Gasteiger partial charge is 0.306 e. The van der Waals surface area contributed by atoms with Gasteiger partial charge in [0.25, 0.3) is 5.09 Å². The molecule has 0 saturated heterocycles. The maximum absolute atomic E-state index is 12.7. The Morgan fingerprint density at radius 3 is 2.49 bits per heavy atom. The number of nitrogens with zero attached hydrogens (tertiary/aromatic N) is 1. The highest BCUT2D eigenvalue weighted by Crippen LogP contribution is 2.36. The van der Waals surface area contributed by atoms with Crippen molar-refractivity contribution >= 4 is 17.8 Å². The van der Waals surface area contributed by atoms with E-state index < -0.39 is 35.3 Å². The molecule has 3 N–H and O–H groups in total. The van der Waals surface area contributed by atoms with Crippen molar-refractivity contribution in [3.63, 3.8) is 0 Å². The summed E-state index contributed by atoms with van der Waals surface area (Å²) >= 11 is 0. The van der Waals surface area contributed by atoms with Gasteiger partial charge in [0.1, 0.15) is 6.10 Å². The second-order valence-electron chi connectivity index (χ2n) is 11.1. The van der Waals surface area contributed by atoms with Crippen molar-refractivity contribution in [2.75, 3.05) is 19.8 Å². The molecule has 0 aromatic heterocycles. The van der Waals surface area contributed by atoms with Crippen LogP contribution in [-0.4, -0.2) is 71.2 Å². The molecule has 0 radical (unpaired) electrons. The summed E-state index contributed by atoms with van der Waals surface area (Å²) in [4.78, 5) is 50.6. The maximum atomic E-state index is 12.7. The van der Waals surface area contributed by atoms with Crippen LogP contribution in [0.2, 0.25) is 0 Å². The van der Waals surface area contributed by atoms with Crippen molar-refractivity contribution in [1.82, 2.24) is 5.32 Å². The minimum absolute atomic E-state index is 0.0307. The van der Waals surface area contributed by atoms with Crippen LogP contribution in [0.4, 0.5) is 0 Å². The lowest BCUT2D eigenvalue weighted by Crippen LogP contribution is -2.22. The lowest BCUT2D eigenvalue weighted by molar-refractivity contribution is -0.757. The average Bonchev–Trinajstić information content (AvgIpc) is 3.28. The number of hydrogen-bond donors (Lipinski definition) is 3. The van der Waals surface area contributed by atoms with Gasteiger partial charge in [0.15, 0.2) is 0 Å². The largest absolute Gasteiger partial charge is 0.466 e. The van der Waals surface area contributed by atoms with Crippen LogP contribution in [0.15, 0.2) is 54.6 Å². The summed E-state index contributed by atoms with van der Waals surface area (Å²) in [6.07, 6.45) is 9.86. The number of hydrogen-bond acceptors (Lipinski definition) is 10. The molecule has 1 aliphatic carbocycles. The van der Waals surface area contributed by atoms with Gasteiger partial charge in [0, 0.05) is 25.3 Å². The van der Waals surface area contributed by atoms with Crippen molar-refractivity contribution in [2.24, 2.45) is 11.8 Å². The fourth-order valence-electron chi connectivity index (χ4n) is 5.18. The van der Waals surface area contributed by atoms with E-state index in [4.69, 9.17) is 9.47 Å². The monoisotopic (exact) mass is 632 g/mol. The quantitative estimate of drug-likeness (QED) is 0.0557. The van der Waals surface area contributed by atoms with E-state index in [9.17, 15) is 34.7 Å². The molecule has 12 heteroatoms. The Hall–Kier alpha value is -3.77. The van der Waals surface area contributed by atoms with Gasteiger partial charge in [-0.25, -0.2) is 0 Å². The van der Waals surface area contributed by atoms with Gasteiger partial charge in [-0.15, -0.1) is 10.1 Å². The number of rotatable bonds is 22. The van der Waals surface area contributed by atoms with Gasteiger partial charge in [-0.3, -0.25) is 14.4 Å². The predicted molar refractivity (Wildman–Crippen MR) is 166 cm³/mol. The number of carbonyl (C=O) groups excluding carboxylic acids is 3. The van der Waals surface area contributed by atoms with E-state index in [0.717, 1.165) is 18.4 Å². The molecule has 0 heterocycles. The van der Waals surface area contributed by atoms with Gasteiger partial charge < -0.3 is 29.8 Å². The highest BCUT2D eigenvalue weighted by molar-refractivity contribution is 5.77. The van der Waals surface area contributed by atoms with E-state index in [2.05, 4.69) is 10.2 Å². The molecule has 12 nitrogen and oxygen atoms in total. The zero-order chi connectivity index (χ0) is 32.9. The molecule has 0 bridgehead atoms. The van der Waals surface area contributed by atoms with E-state index in [0.29, 0.717) is 45.1 Å². The Morgan fingerprint density at radius 1 is 1.02 bits per heavy atom. The van der Waals surface area contributed by atoms with Crippen LogP contribution >= 0.6 is 0 Å². The molecule has 250 valence electrons. The number of aliphatic hydroxyl groups excluding tert-OH is 2. The van der Waals surface area contributed by atoms with E-state index in [1.54, 1.807) is 6.08 Å². The van der Waals surface area contributed by atoms with Gasteiger partial charge in [0.05, 0.1) is 38.3 Å². The van der Waals surface area contributed by atoms with Crippen molar-refractivity contribution < 1.29 is 44.0 Å². The lowest BCUT2D eigenvalue weighted by Gasteiger charge is -2.21. The first-order chi connectivity index (χ1) is 21.7. The molecule has 1 aromatic carbocycles. The fourth-order valence-corrected chi connectivity index (χ4v) is 5.18. The van der Waals surface area contributed by atoms with E-state index >= 15 is 0 Å². The molecule has 0 spiro atoms. The van der Waals surface area contributed by atoms with Crippen LogP contribution in [0.5, 0.6) is 0 Å². The van der Waals surface area contributed by atoms with Gasteiger partial charge in [-0.2, -0.15) is 0 Å². The third-order valence-corrected chi connectivity index (χ3v) is 7.56. The van der Waals surface area contributed by atoms with Crippen LogP contribution in [0.25, 0.3) is 0 Å². The van der Waals surface area contributed by atoms with E-state index in [1.807, 2.05) is 55.5 Å². The predicted octanol–water partition coefficient (Wildman–Crippen LogP) is 4.01. The molecule has 0 unspecified atom stereocenters. The van der Waals surface area contributed by atoms with Gasteiger partial charge >= 0.3 is 11.9 Å². The molecule has 1 aliphatic rings. The van der Waals surface area contributed by atoms with Gasteiger partial charge in [-0.1, -0.05) is 48.6 Å². The first-order valence-corrected chi connectivity index (χ1v) is 15.8. The summed E-state index contributed by atoms with van der Waals surface area (Å²) in [7, 11) is 0. The van der Waals surface area contributed by atoms with Crippen LogP contribution < -0.4 is 5.32 Å².